The van der Waals surface area contributed by atoms with Crippen molar-refractivity contribution in [2.45, 2.75) is 24.7 Å². The largest absolute Gasteiger partial charge is 0.508 e. The number of hydrazine groups is 1. The molecule has 2 N–H and O–H groups in total. The molecule has 10 nitrogen and oxygen atoms in total. The Labute approximate surface area is 330 Å². The number of carbonyl (C=O) groups excluding carboxylic acids is 4. The van der Waals surface area contributed by atoms with Gasteiger partial charge in [0.15, 0.2) is 0 Å². The summed E-state index contributed by atoms with van der Waals surface area (Å²) in [6, 6.07) is 23.2. The molecule has 2 aliphatic carbocycles. The summed E-state index contributed by atoms with van der Waals surface area (Å²) in [5, 5.41) is 12.5. The number of carbonyl (C=O) groups is 4. The highest BCUT2D eigenvalue weighted by Crippen LogP contribution is 2.63. The highest BCUT2D eigenvalue weighted by Gasteiger charge is 2.71. The number of nitrogens with zero attached hydrogens (tertiary/aromatic N) is 2. The van der Waals surface area contributed by atoms with Crippen molar-refractivity contribution in [3.63, 3.8) is 0 Å². The lowest BCUT2D eigenvalue weighted by Crippen LogP contribution is -2.55. The van der Waals surface area contributed by atoms with Crippen LogP contribution in [0.2, 0.25) is 15.1 Å². The summed E-state index contributed by atoms with van der Waals surface area (Å²) < 4.78 is 11.7. The summed E-state index contributed by atoms with van der Waals surface area (Å²) in [4.78, 5) is 60.4. The number of methoxy groups -OCH3 is 1. The molecule has 4 amide bonds. The lowest BCUT2D eigenvalue weighted by Gasteiger charge is -2.51. The van der Waals surface area contributed by atoms with Gasteiger partial charge in [-0.25, -0.2) is 0 Å². The molecule has 0 bridgehead atoms. The van der Waals surface area contributed by atoms with Crippen LogP contribution in [0.25, 0.3) is 0 Å². The number of fused-ring (bicyclic) bond motifs is 5. The zero-order valence-corrected chi connectivity index (χ0v) is 31.4. The molecule has 0 radical (unpaired) electrons. The third-order valence-electron chi connectivity index (χ3n) is 11.8. The maximum absolute atomic E-state index is 15.5. The van der Waals surface area contributed by atoms with E-state index in [4.69, 9.17) is 44.3 Å². The van der Waals surface area contributed by atoms with Gasteiger partial charge in [0.25, 0.3) is 11.8 Å². The number of anilines is 2. The molecular formula is C42H32Cl3N3O7. The Morgan fingerprint density at radius 2 is 1.60 bits per heavy atom. The normalized spacial score (nSPS) is 26.7. The van der Waals surface area contributed by atoms with Gasteiger partial charge in [-0.05, 0) is 103 Å². The SMILES string of the molecule is COc1ccc(C23C(=O)N(Nc4ccc(Cl)cc4Cl)C(=O)C2CC2C(=CCC4C(=O)N(c5ccc(Cl)cc5)C(=O)C42)C3C2=COc3ccc(O)cc3C2)cc1. The fourth-order valence-corrected chi connectivity index (χ4v) is 10.1. The second-order valence-electron chi connectivity index (χ2n) is 14.5. The number of phenols is 1. The molecule has 278 valence electrons. The van der Waals surface area contributed by atoms with E-state index >= 15 is 9.59 Å². The Bertz CT molecular complexity index is 2380. The molecule has 13 heteroatoms. The summed E-state index contributed by atoms with van der Waals surface area (Å²) in [5.41, 5.74) is 4.88. The van der Waals surface area contributed by atoms with Gasteiger partial charge in [-0.15, -0.1) is 0 Å². The minimum absolute atomic E-state index is 0.0484. The Balaban J connectivity index is 1.23. The average molecular weight is 797 g/mol. The number of ether oxygens (including phenoxy) is 2. The Kier molecular flexibility index (Phi) is 8.49. The highest BCUT2D eigenvalue weighted by atomic mass is 35.5. The van der Waals surface area contributed by atoms with E-state index in [9.17, 15) is 14.7 Å². The van der Waals surface area contributed by atoms with Crippen LogP contribution in [0.5, 0.6) is 17.2 Å². The zero-order valence-electron chi connectivity index (χ0n) is 29.2. The van der Waals surface area contributed by atoms with Crippen LogP contribution in [0.3, 0.4) is 0 Å². The molecule has 3 heterocycles. The smallest absolute Gasteiger partial charge is 0.260 e. The molecule has 3 aliphatic heterocycles. The fourth-order valence-electron chi connectivity index (χ4n) is 9.50. The number of aromatic hydroxyl groups is 1. The second kappa shape index (κ2) is 13.2. The number of amides is 4. The van der Waals surface area contributed by atoms with E-state index in [-0.39, 0.29) is 41.8 Å². The Hall–Kier alpha value is -5.29. The van der Waals surface area contributed by atoms with Crippen molar-refractivity contribution in [1.82, 2.24) is 5.01 Å². The van der Waals surface area contributed by atoms with Crippen molar-refractivity contribution in [2.75, 3.05) is 17.4 Å². The van der Waals surface area contributed by atoms with Gasteiger partial charge in [0.2, 0.25) is 11.8 Å². The number of phenolic OH excluding ortho intramolecular Hbond substituents is 1. The molecular weight excluding hydrogens is 765 g/mol. The summed E-state index contributed by atoms with van der Waals surface area (Å²) in [7, 11) is 1.55. The van der Waals surface area contributed by atoms with E-state index < -0.39 is 46.8 Å². The van der Waals surface area contributed by atoms with Crippen LogP contribution < -0.4 is 19.8 Å². The van der Waals surface area contributed by atoms with E-state index in [1.165, 1.54) is 17.0 Å². The molecule has 0 spiro atoms. The maximum Gasteiger partial charge on any atom is 0.260 e. The molecule has 6 atom stereocenters. The predicted octanol–water partition coefficient (Wildman–Crippen LogP) is 7.90. The van der Waals surface area contributed by atoms with Crippen LogP contribution in [0.1, 0.15) is 24.0 Å². The summed E-state index contributed by atoms with van der Waals surface area (Å²) in [5.74, 6) is -4.44. The Morgan fingerprint density at radius 1 is 0.855 bits per heavy atom. The fraction of sp³-hybridized carbons (Fsp3) is 0.238. The van der Waals surface area contributed by atoms with Gasteiger partial charge in [-0.3, -0.25) is 29.5 Å². The number of allylic oxidation sites excluding steroid dienone is 3. The van der Waals surface area contributed by atoms with Crippen molar-refractivity contribution >= 4 is 69.8 Å². The van der Waals surface area contributed by atoms with Gasteiger partial charge in [-0.1, -0.05) is 58.6 Å². The monoisotopic (exact) mass is 795 g/mol. The van der Waals surface area contributed by atoms with Gasteiger partial charge in [0.05, 0.1) is 52.9 Å². The summed E-state index contributed by atoms with van der Waals surface area (Å²) in [6.45, 7) is 0. The van der Waals surface area contributed by atoms with Gasteiger partial charge in [0.1, 0.15) is 17.2 Å². The number of halogens is 3. The molecule has 9 rings (SSSR count). The van der Waals surface area contributed by atoms with Crippen LogP contribution in [0.15, 0.2) is 108 Å². The van der Waals surface area contributed by atoms with Gasteiger partial charge in [-0.2, -0.15) is 5.01 Å². The summed E-state index contributed by atoms with van der Waals surface area (Å²) >= 11 is 18.9. The second-order valence-corrected chi connectivity index (χ2v) is 15.8. The van der Waals surface area contributed by atoms with Gasteiger partial charge >= 0.3 is 0 Å². The van der Waals surface area contributed by atoms with Crippen molar-refractivity contribution in [2.24, 2.45) is 29.6 Å². The van der Waals surface area contributed by atoms with Crippen LogP contribution >= 0.6 is 34.8 Å². The Morgan fingerprint density at radius 3 is 2.33 bits per heavy atom. The van der Waals surface area contributed by atoms with Crippen molar-refractivity contribution in [1.29, 1.82) is 0 Å². The molecule has 0 aromatic heterocycles. The molecule has 3 fully saturated rings. The number of hydrogen-bond acceptors (Lipinski definition) is 8. The quantitative estimate of drug-likeness (QED) is 0.149. The van der Waals surface area contributed by atoms with Crippen LogP contribution in [-0.2, 0) is 31.0 Å². The molecule has 55 heavy (non-hydrogen) atoms. The molecule has 4 aromatic rings. The molecule has 1 saturated carbocycles. The number of rotatable bonds is 6. The van der Waals surface area contributed by atoms with E-state index in [1.807, 2.05) is 6.08 Å². The maximum atomic E-state index is 15.5. The number of imide groups is 2. The van der Waals surface area contributed by atoms with Gasteiger partial charge in [0, 0.05) is 27.9 Å². The number of benzene rings is 4. The average Bonchev–Trinajstić information content (AvgIpc) is 3.56. The first kappa shape index (κ1) is 35.4. The molecule has 2 saturated heterocycles. The summed E-state index contributed by atoms with van der Waals surface area (Å²) in [6.07, 6.45) is 4.23. The minimum Gasteiger partial charge on any atom is -0.508 e. The number of hydrogen-bond donors (Lipinski definition) is 2. The van der Waals surface area contributed by atoms with E-state index in [0.717, 1.165) is 10.6 Å². The third-order valence-corrected chi connectivity index (χ3v) is 12.6. The first-order chi connectivity index (χ1) is 26.5. The van der Waals surface area contributed by atoms with E-state index in [2.05, 4.69) is 5.43 Å². The molecule has 6 unspecified atom stereocenters. The molecule has 5 aliphatic rings. The highest BCUT2D eigenvalue weighted by molar-refractivity contribution is 6.36. The lowest BCUT2D eigenvalue weighted by molar-refractivity contribution is -0.139. The van der Waals surface area contributed by atoms with Gasteiger partial charge < -0.3 is 14.6 Å². The standard InChI is InChI=1S/C42H32Cl3N3O7/c1-54-28-10-2-23(3-11-28)42-32(39(51)48(41(42)53)46-34-14-6-25(44)18-33(34)45)19-31-29(37(42)22-16-21-17-27(49)9-15-35(21)55-20-22)12-13-30-36(31)40(52)47(38(30)50)26-7-4-24(43)5-8-26/h2-12,14-15,17-18,20,30-32,36-37,46,49H,13,16,19H2,1H3. The number of nitrogens with one attached hydrogen (secondary N) is 1. The van der Waals surface area contributed by atoms with E-state index in [0.29, 0.717) is 49.6 Å². The lowest BCUT2D eigenvalue weighted by atomic mass is 9.48. The minimum atomic E-state index is -1.55. The third kappa shape index (κ3) is 5.37. The molecule has 4 aromatic carbocycles. The topological polar surface area (TPSA) is 125 Å². The van der Waals surface area contributed by atoms with Crippen molar-refractivity contribution in [3.8, 4) is 17.2 Å². The van der Waals surface area contributed by atoms with Crippen LogP contribution in [0.4, 0.5) is 11.4 Å². The van der Waals surface area contributed by atoms with Crippen molar-refractivity contribution in [3.05, 3.63) is 135 Å². The predicted molar refractivity (Wildman–Crippen MR) is 206 cm³/mol. The zero-order chi connectivity index (χ0) is 38.3. The van der Waals surface area contributed by atoms with E-state index in [1.54, 1.807) is 86.2 Å². The van der Waals surface area contributed by atoms with Crippen LogP contribution in [-0.4, -0.2) is 40.9 Å². The first-order valence-corrected chi connectivity index (χ1v) is 18.9. The van der Waals surface area contributed by atoms with Crippen LogP contribution in [0, 0.1) is 29.6 Å². The van der Waals surface area contributed by atoms with Crippen molar-refractivity contribution < 1.29 is 33.8 Å². The first-order valence-electron chi connectivity index (χ1n) is 17.8.